The predicted molar refractivity (Wildman–Crippen MR) is 65.4 cm³/mol. The van der Waals surface area contributed by atoms with E-state index in [9.17, 15) is 0 Å². The molecule has 0 unspecified atom stereocenters. The molecule has 0 aromatic heterocycles. The van der Waals surface area contributed by atoms with Crippen LogP contribution < -0.4 is 9.92 Å². The molecule has 2 heteroatoms. The van der Waals surface area contributed by atoms with Crippen molar-refractivity contribution in [1.29, 1.82) is 0 Å². The van der Waals surface area contributed by atoms with Crippen LogP contribution in [0.15, 0.2) is 18.2 Å². The van der Waals surface area contributed by atoms with Crippen LogP contribution in [-0.4, -0.2) is 15.2 Å². The van der Waals surface area contributed by atoms with Crippen LogP contribution >= 0.6 is 0 Å². The van der Waals surface area contributed by atoms with Crippen molar-refractivity contribution in [1.82, 2.24) is 0 Å². The molecule has 0 atom stereocenters. The van der Waals surface area contributed by atoms with E-state index in [2.05, 4.69) is 44.8 Å². The third-order valence-electron chi connectivity index (χ3n) is 2.48. The van der Waals surface area contributed by atoms with Gasteiger partial charge in [-0.25, -0.2) is 0 Å². The lowest BCUT2D eigenvalue weighted by Crippen LogP contribution is -2.38. The first-order chi connectivity index (χ1) is 6.49. The van der Waals surface area contributed by atoms with E-state index in [1.54, 1.807) is 7.11 Å². The summed E-state index contributed by atoms with van der Waals surface area (Å²) < 4.78 is 5.41. The summed E-state index contributed by atoms with van der Waals surface area (Å²) in [6.45, 7) is 9.24. The summed E-state index contributed by atoms with van der Waals surface area (Å²) in [7, 11) is 0.483. The highest BCUT2D eigenvalue weighted by molar-refractivity contribution is 6.89. The van der Waals surface area contributed by atoms with Crippen molar-refractivity contribution in [3.63, 3.8) is 0 Å². The quantitative estimate of drug-likeness (QED) is 0.694. The van der Waals surface area contributed by atoms with Gasteiger partial charge in [0.25, 0.3) is 0 Å². The van der Waals surface area contributed by atoms with E-state index < -0.39 is 8.07 Å². The molecule has 1 aromatic rings. The first-order valence-corrected chi connectivity index (χ1v) is 8.66. The Morgan fingerprint density at radius 3 is 2.29 bits per heavy atom. The van der Waals surface area contributed by atoms with Gasteiger partial charge in [-0.3, -0.25) is 0 Å². The van der Waals surface area contributed by atoms with E-state index >= 15 is 0 Å². The minimum absolute atomic E-state index is 1.06. The SMILES string of the molecule is CCc1ccc(OC)c([Si](C)(C)C)c1. The molecular weight excluding hydrogens is 188 g/mol. The summed E-state index contributed by atoms with van der Waals surface area (Å²) in [6, 6.07) is 6.57. The van der Waals surface area contributed by atoms with Crippen molar-refractivity contribution in [3.8, 4) is 5.75 Å². The van der Waals surface area contributed by atoms with Crippen molar-refractivity contribution < 1.29 is 4.74 Å². The van der Waals surface area contributed by atoms with E-state index in [-0.39, 0.29) is 0 Å². The average molecular weight is 208 g/mol. The van der Waals surface area contributed by atoms with Crippen molar-refractivity contribution in [3.05, 3.63) is 23.8 Å². The molecule has 1 nitrogen and oxygen atoms in total. The van der Waals surface area contributed by atoms with Crippen LogP contribution in [0, 0.1) is 0 Å². The summed E-state index contributed by atoms with van der Waals surface area (Å²) >= 11 is 0. The van der Waals surface area contributed by atoms with E-state index in [1.807, 2.05) is 0 Å². The van der Waals surface area contributed by atoms with E-state index in [4.69, 9.17) is 4.74 Å². The molecule has 14 heavy (non-hydrogen) atoms. The highest BCUT2D eigenvalue weighted by Gasteiger charge is 2.20. The lowest BCUT2D eigenvalue weighted by atomic mass is 10.2. The van der Waals surface area contributed by atoms with Crippen LogP contribution in [0.5, 0.6) is 5.75 Å². The molecule has 0 spiro atoms. The van der Waals surface area contributed by atoms with Gasteiger partial charge in [-0.05, 0) is 23.2 Å². The number of hydrogen-bond acceptors (Lipinski definition) is 1. The molecule has 0 bridgehead atoms. The van der Waals surface area contributed by atoms with Crippen LogP contribution in [-0.2, 0) is 6.42 Å². The fraction of sp³-hybridized carbons (Fsp3) is 0.500. The van der Waals surface area contributed by atoms with Gasteiger partial charge in [0.05, 0.1) is 15.2 Å². The first kappa shape index (κ1) is 11.3. The van der Waals surface area contributed by atoms with Crippen molar-refractivity contribution in [2.24, 2.45) is 0 Å². The Kier molecular flexibility index (Phi) is 3.37. The molecule has 0 amide bonds. The van der Waals surface area contributed by atoms with Gasteiger partial charge in [-0.15, -0.1) is 0 Å². The van der Waals surface area contributed by atoms with Crippen molar-refractivity contribution in [2.45, 2.75) is 33.0 Å². The Balaban J connectivity index is 3.22. The first-order valence-electron chi connectivity index (χ1n) is 5.16. The molecule has 0 saturated carbocycles. The second kappa shape index (κ2) is 4.18. The number of rotatable bonds is 3. The molecule has 0 N–H and O–H groups in total. The van der Waals surface area contributed by atoms with Crippen LogP contribution in [0.2, 0.25) is 19.6 Å². The Morgan fingerprint density at radius 2 is 1.86 bits per heavy atom. The van der Waals surface area contributed by atoms with Crippen molar-refractivity contribution in [2.75, 3.05) is 7.11 Å². The normalized spacial score (nSPS) is 11.5. The van der Waals surface area contributed by atoms with Crippen molar-refractivity contribution >= 4 is 13.3 Å². The highest BCUT2D eigenvalue weighted by Crippen LogP contribution is 2.16. The zero-order valence-corrected chi connectivity index (χ0v) is 10.8. The maximum Gasteiger partial charge on any atom is 0.118 e. The molecule has 0 radical (unpaired) electrons. The third kappa shape index (κ3) is 2.38. The van der Waals surface area contributed by atoms with Crippen LogP contribution in [0.1, 0.15) is 12.5 Å². The molecular formula is C12H20OSi. The van der Waals surface area contributed by atoms with Gasteiger partial charge in [0, 0.05) is 0 Å². The number of aryl methyl sites for hydroxylation is 1. The monoisotopic (exact) mass is 208 g/mol. The molecule has 0 saturated heterocycles. The van der Waals surface area contributed by atoms with E-state index in [0.717, 1.165) is 12.2 Å². The van der Waals surface area contributed by atoms with E-state index in [1.165, 1.54) is 10.8 Å². The lowest BCUT2D eigenvalue weighted by molar-refractivity contribution is 0.418. The number of benzene rings is 1. The average Bonchev–Trinajstić information content (AvgIpc) is 2.15. The third-order valence-corrected chi connectivity index (χ3v) is 4.49. The summed E-state index contributed by atoms with van der Waals surface area (Å²) in [5, 5.41) is 1.43. The maximum atomic E-state index is 5.41. The second-order valence-corrected chi connectivity index (χ2v) is 9.68. The Labute approximate surface area is 88.1 Å². The summed E-state index contributed by atoms with van der Waals surface area (Å²) in [5.74, 6) is 1.06. The van der Waals surface area contributed by atoms with Gasteiger partial charge in [-0.2, -0.15) is 0 Å². The summed E-state index contributed by atoms with van der Waals surface area (Å²) in [4.78, 5) is 0. The second-order valence-electron chi connectivity index (χ2n) is 4.64. The van der Waals surface area contributed by atoms with Gasteiger partial charge in [0.1, 0.15) is 5.75 Å². The predicted octanol–water partition coefficient (Wildman–Crippen LogP) is 2.80. The molecule has 1 aromatic carbocycles. The van der Waals surface area contributed by atoms with E-state index in [0.29, 0.717) is 0 Å². The molecule has 0 heterocycles. The fourth-order valence-corrected chi connectivity index (χ4v) is 3.10. The zero-order chi connectivity index (χ0) is 10.8. The minimum atomic E-state index is -1.27. The Hall–Kier alpha value is -0.763. The van der Waals surface area contributed by atoms with Crippen LogP contribution in [0.25, 0.3) is 0 Å². The molecule has 0 aliphatic heterocycles. The molecule has 0 aliphatic rings. The topological polar surface area (TPSA) is 9.23 Å². The summed E-state index contributed by atoms with van der Waals surface area (Å²) in [6.07, 6.45) is 1.10. The number of hydrogen-bond donors (Lipinski definition) is 0. The maximum absolute atomic E-state index is 5.41. The van der Waals surface area contributed by atoms with Crippen LogP contribution in [0.4, 0.5) is 0 Å². The van der Waals surface area contributed by atoms with Gasteiger partial charge < -0.3 is 4.74 Å². The van der Waals surface area contributed by atoms with Crippen LogP contribution in [0.3, 0.4) is 0 Å². The smallest absolute Gasteiger partial charge is 0.118 e. The highest BCUT2D eigenvalue weighted by atomic mass is 28.3. The largest absolute Gasteiger partial charge is 0.497 e. The molecule has 0 aliphatic carbocycles. The number of methoxy groups -OCH3 is 1. The van der Waals surface area contributed by atoms with Gasteiger partial charge >= 0.3 is 0 Å². The molecule has 0 fully saturated rings. The lowest BCUT2D eigenvalue weighted by Gasteiger charge is -2.20. The van der Waals surface area contributed by atoms with Gasteiger partial charge in [0.15, 0.2) is 0 Å². The zero-order valence-electron chi connectivity index (χ0n) is 9.85. The van der Waals surface area contributed by atoms with Gasteiger partial charge in [0.2, 0.25) is 0 Å². The molecule has 78 valence electrons. The Bertz CT molecular complexity index is 313. The molecule has 1 rings (SSSR count). The number of ether oxygens (including phenoxy) is 1. The standard InChI is InChI=1S/C12H20OSi/c1-6-10-7-8-11(13-2)12(9-10)14(3,4)5/h7-9H,6H2,1-5H3. The minimum Gasteiger partial charge on any atom is -0.497 e. The fourth-order valence-electron chi connectivity index (χ4n) is 1.56. The Morgan fingerprint density at radius 1 is 1.21 bits per heavy atom. The van der Waals surface area contributed by atoms with Gasteiger partial charge in [-0.1, -0.05) is 38.7 Å². The summed E-state index contributed by atoms with van der Waals surface area (Å²) in [5.41, 5.74) is 1.41.